The number of fused-ring (bicyclic) bond motifs is 1. The van der Waals surface area contributed by atoms with Crippen LogP contribution in [0.1, 0.15) is 19.4 Å². The number of aliphatic hydroxyl groups is 5. The Morgan fingerprint density at radius 1 is 1.10 bits per heavy atom. The summed E-state index contributed by atoms with van der Waals surface area (Å²) < 4.78 is 21.8. The molecule has 1 fully saturated rings. The Morgan fingerprint density at radius 2 is 1.77 bits per heavy atom. The van der Waals surface area contributed by atoms with Crippen LogP contribution in [0.5, 0.6) is 5.75 Å². The highest BCUT2D eigenvalue weighted by Crippen LogP contribution is 2.32. The standard InChI is InChI=1S/C21H28O10/c1-21(2,31-20-18(27)17(26)16(25)13(9-22)29-20)14(23)8-11-12(28-3)6-4-10-5-7-15(24)30-19(10)11/h4-7,13-14,16-18,20,22-23,25-27H,8-9H2,1-3H3/t13-,14+,16-,17+,18-,20+/m1/s1. The van der Waals surface area contributed by atoms with Crippen molar-refractivity contribution in [3.63, 3.8) is 0 Å². The van der Waals surface area contributed by atoms with E-state index in [2.05, 4.69) is 0 Å². The van der Waals surface area contributed by atoms with E-state index in [-0.39, 0.29) is 12.0 Å². The Labute approximate surface area is 178 Å². The maximum atomic E-state index is 11.7. The summed E-state index contributed by atoms with van der Waals surface area (Å²) in [7, 11) is 1.45. The molecule has 1 aromatic carbocycles. The van der Waals surface area contributed by atoms with Crippen LogP contribution in [0.4, 0.5) is 0 Å². The van der Waals surface area contributed by atoms with Gasteiger partial charge < -0.3 is 44.2 Å². The molecule has 1 aliphatic rings. The Bertz CT molecular complexity index is 953. The number of hydrogen-bond donors (Lipinski definition) is 5. The first kappa shape index (κ1) is 23.6. The first-order valence-electron chi connectivity index (χ1n) is 9.85. The zero-order chi connectivity index (χ0) is 22.9. The van der Waals surface area contributed by atoms with Crippen molar-refractivity contribution >= 4 is 11.0 Å². The van der Waals surface area contributed by atoms with E-state index in [1.807, 2.05) is 0 Å². The normalized spacial score (nSPS) is 27.9. The summed E-state index contributed by atoms with van der Waals surface area (Å²) in [6.07, 6.45) is -8.49. The molecule has 2 aromatic rings. The summed E-state index contributed by atoms with van der Waals surface area (Å²) in [4.78, 5) is 11.7. The van der Waals surface area contributed by atoms with Crippen molar-refractivity contribution in [3.8, 4) is 5.75 Å². The maximum absolute atomic E-state index is 11.7. The molecule has 1 aromatic heterocycles. The fraction of sp³-hybridized carbons (Fsp3) is 0.571. The van der Waals surface area contributed by atoms with E-state index in [0.717, 1.165) is 0 Å². The smallest absolute Gasteiger partial charge is 0.336 e. The average molecular weight is 440 g/mol. The lowest BCUT2D eigenvalue weighted by Crippen LogP contribution is -2.61. The van der Waals surface area contributed by atoms with Crippen molar-refractivity contribution in [2.24, 2.45) is 0 Å². The lowest BCUT2D eigenvalue weighted by atomic mass is 9.92. The van der Waals surface area contributed by atoms with Crippen LogP contribution in [0.2, 0.25) is 0 Å². The molecule has 1 aliphatic heterocycles. The van der Waals surface area contributed by atoms with Gasteiger partial charge in [0.05, 0.1) is 25.4 Å². The topological polar surface area (TPSA) is 159 Å². The van der Waals surface area contributed by atoms with Crippen molar-refractivity contribution in [1.82, 2.24) is 0 Å². The van der Waals surface area contributed by atoms with Crippen LogP contribution in [0.25, 0.3) is 11.0 Å². The van der Waals surface area contributed by atoms with E-state index in [0.29, 0.717) is 16.7 Å². The lowest BCUT2D eigenvalue weighted by Gasteiger charge is -2.43. The fourth-order valence-corrected chi connectivity index (χ4v) is 3.54. The monoisotopic (exact) mass is 440 g/mol. The van der Waals surface area contributed by atoms with E-state index in [9.17, 15) is 30.3 Å². The molecule has 1 saturated heterocycles. The minimum absolute atomic E-state index is 0.0299. The van der Waals surface area contributed by atoms with E-state index in [1.54, 1.807) is 32.0 Å². The Balaban J connectivity index is 1.85. The first-order valence-corrected chi connectivity index (χ1v) is 9.85. The molecule has 10 nitrogen and oxygen atoms in total. The summed E-state index contributed by atoms with van der Waals surface area (Å²) in [5, 5.41) is 51.0. The Kier molecular flexibility index (Phi) is 7.01. The van der Waals surface area contributed by atoms with Gasteiger partial charge in [0.1, 0.15) is 35.7 Å². The number of aliphatic hydroxyl groups excluding tert-OH is 5. The van der Waals surface area contributed by atoms with Gasteiger partial charge >= 0.3 is 5.63 Å². The van der Waals surface area contributed by atoms with Crippen LogP contribution >= 0.6 is 0 Å². The minimum Gasteiger partial charge on any atom is -0.496 e. The highest BCUT2D eigenvalue weighted by Gasteiger charge is 2.47. The molecule has 10 heteroatoms. The molecule has 0 spiro atoms. The van der Waals surface area contributed by atoms with E-state index in [1.165, 1.54) is 13.2 Å². The van der Waals surface area contributed by atoms with E-state index in [4.69, 9.17) is 18.6 Å². The largest absolute Gasteiger partial charge is 0.496 e. The molecular weight excluding hydrogens is 412 g/mol. The van der Waals surface area contributed by atoms with Crippen LogP contribution in [-0.2, 0) is 15.9 Å². The Hall–Kier alpha value is -2.05. The lowest BCUT2D eigenvalue weighted by molar-refractivity contribution is -0.331. The molecule has 0 bridgehead atoms. The summed E-state index contributed by atoms with van der Waals surface area (Å²) in [5.41, 5.74) is -1.14. The van der Waals surface area contributed by atoms with Crippen LogP contribution < -0.4 is 10.4 Å². The second-order valence-electron chi connectivity index (χ2n) is 8.06. The predicted molar refractivity (Wildman–Crippen MR) is 108 cm³/mol. The van der Waals surface area contributed by atoms with Gasteiger partial charge in [0.2, 0.25) is 0 Å². The summed E-state index contributed by atoms with van der Waals surface area (Å²) in [6, 6.07) is 6.31. The molecule has 31 heavy (non-hydrogen) atoms. The second-order valence-corrected chi connectivity index (χ2v) is 8.06. The molecule has 0 saturated carbocycles. The molecule has 5 N–H and O–H groups in total. The molecule has 172 valence electrons. The molecule has 0 aliphatic carbocycles. The highest BCUT2D eigenvalue weighted by atomic mass is 16.7. The third kappa shape index (κ3) is 4.75. The second kappa shape index (κ2) is 9.21. The number of ether oxygens (including phenoxy) is 3. The van der Waals surface area contributed by atoms with Gasteiger partial charge in [-0.25, -0.2) is 4.79 Å². The maximum Gasteiger partial charge on any atom is 0.336 e. The SMILES string of the molecule is COc1ccc2ccc(=O)oc2c1C[C@H](O)C(C)(C)O[C@@H]1O[C@H](CO)[C@@H](O)[C@H](O)[C@H]1O. The van der Waals surface area contributed by atoms with Crippen LogP contribution in [-0.4, -0.2) is 81.7 Å². The van der Waals surface area contributed by atoms with Gasteiger partial charge in [-0.05, 0) is 32.0 Å². The van der Waals surface area contributed by atoms with Gasteiger partial charge in [0, 0.05) is 23.4 Å². The van der Waals surface area contributed by atoms with E-state index < -0.39 is 54.6 Å². The quantitative estimate of drug-likeness (QED) is 0.349. The zero-order valence-electron chi connectivity index (χ0n) is 17.5. The third-order valence-electron chi connectivity index (χ3n) is 5.54. The van der Waals surface area contributed by atoms with Gasteiger partial charge in [-0.1, -0.05) is 0 Å². The van der Waals surface area contributed by atoms with Crippen LogP contribution in [0.3, 0.4) is 0 Å². The number of rotatable bonds is 7. The van der Waals surface area contributed by atoms with Gasteiger partial charge in [0.15, 0.2) is 6.29 Å². The average Bonchev–Trinajstić information content (AvgIpc) is 2.74. The molecular formula is C21H28O10. The van der Waals surface area contributed by atoms with Gasteiger partial charge in [-0.15, -0.1) is 0 Å². The van der Waals surface area contributed by atoms with Crippen molar-refractivity contribution in [3.05, 3.63) is 40.2 Å². The molecule has 0 amide bonds. The van der Waals surface area contributed by atoms with Crippen molar-refractivity contribution in [2.75, 3.05) is 13.7 Å². The molecule has 6 atom stereocenters. The van der Waals surface area contributed by atoms with E-state index >= 15 is 0 Å². The van der Waals surface area contributed by atoms with Crippen LogP contribution in [0.15, 0.2) is 33.5 Å². The predicted octanol–water partition coefficient (Wildman–Crippen LogP) is -0.700. The number of methoxy groups -OCH3 is 1. The first-order chi connectivity index (χ1) is 14.6. The molecule has 3 rings (SSSR count). The van der Waals surface area contributed by atoms with Crippen molar-refractivity contribution < 1.29 is 44.2 Å². The molecule has 0 unspecified atom stereocenters. The van der Waals surface area contributed by atoms with Gasteiger partial charge in [0.25, 0.3) is 0 Å². The Morgan fingerprint density at radius 3 is 2.42 bits per heavy atom. The molecule has 2 heterocycles. The molecule has 0 radical (unpaired) electrons. The third-order valence-corrected chi connectivity index (χ3v) is 5.54. The fourth-order valence-electron chi connectivity index (χ4n) is 3.54. The van der Waals surface area contributed by atoms with Crippen molar-refractivity contribution in [1.29, 1.82) is 0 Å². The zero-order valence-corrected chi connectivity index (χ0v) is 17.5. The highest BCUT2D eigenvalue weighted by molar-refractivity contribution is 5.82. The number of hydrogen-bond acceptors (Lipinski definition) is 10. The van der Waals surface area contributed by atoms with Crippen molar-refractivity contribution in [2.45, 2.75) is 62.7 Å². The minimum atomic E-state index is -1.60. The van der Waals surface area contributed by atoms with Crippen LogP contribution in [0, 0.1) is 0 Å². The van der Waals surface area contributed by atoms with Gasteiger partial charge in [-0.3, -0.25) is 0 Å². The summed E-state index contributed by atoms with van der Waals surface area (Å²) >= 11 is 0. The van der Waals surface area contributed by atoms with Gasteiger partial charge in [-0.2, -0.15) is 0 Å². The number of benzene rings is 1. The summed E-state index contributed by atoms with van der Waals surface area (Å²) in [6.45, 7) is 2.50. The summed E-state index contributed by atoms with van der Waals surface area (Å²) in [5.74, 6) is 0.407.